The first kappa shape index (κ1) is 42.5. The van der Waals surface area contributed by atoms with Crippen molar-refractivity contribution < 1.29 is 50.0 Å². The van der Waals surface area contributed by atoms with Crippen LogP contribution in [-0.4, -0.2) is 109 Å². The average molecular weight is 939 g/mol. The van der Waals surface area contributed by atoms with Crippen molar-refractivity contribution >= 4 is 41.1 Å². The Balaban J connectivity index is 0.000000237. The summed E-state index contributed by atoms with van der Waals surface area (Å²) in [6.07, 6.45) is 2.73. The summed E-state index contributed by atoms with van der Waals surface area (Å²) >= 11 is 11.4. The summed E-state index contributed by atoms with van der Waals surface area (Å²) in [5.74, 6) is -1.23. The third kappa shape index (κ3) is 15.6. The van der Waals surface area contributed by atoms with Crippen LogP contribution >= 0.6 is 23.2 Å². The fourth-order valence-electron chi connectivity index (χ4n) is 6.14. The predicted molar refractivity (Wildman–Crippen MR) is 231 cm³/mol. The Labute approximate surface area is 387 Å². The zero-order valence-corrected chi connectivity index (χ0v) is 36.6. The number of hydrogen-bond acceptors (Lipinski definition) is 11. The Morgan fingerprint density at radius 1 is 0.828 bits per heavy atom. The van der Waals surface area contributed by atoms with Crippen molar-refractivity contribution in [3.8, 4) is 6.07 Å². The Kier molecular flexibility index (Phi) is 15.2. The van der Waals surface area contributed by atoms with Gasteiger partial charge in [0.2, 0.25) is 0 Å². The second-order valence-corrected chi connectivity index (χ2v) is 16.6. The van der Waals surface area contributed by atoms with Crippen molar-refractivity contribution in [1.82, 2.24) is 40.4 Å². The van der Waals surface area contributed by atoms with Gasteiger partial charge in [-0.2, -0.15) is 5.26 Å². The lowest BCUT2D eigenvalue weighted by Crippen LogP contribution is -2.49. The Morgan fingerprint density at radius 2 is 1.27 bits per heavy atom. The zero-order chi connectivity index (χ0) is 52.2. The number of carbonyl (C=O) groups excluding carboxylic acids is 3. The van der Waals surface area contributed by atoms with Gasteiger partial charge in [-0.3, -0.25) is 9.59 Å². The number of carbonyl (C=O) groups is 3. The molecule has 4 heterocycles. The second-order valence-electron chi connectivity index (χ2n) is 15.8. The molecule has 0 radical (unpaired) electrons. The first-order valence-electron chi connectivity index (χ1n) is 22.8. The Hall–Kier alpha value is -5.48. The zero-order valence-electron chi connectivity index (χ0n) is 41.1. The van der Waals surface area contributed by atoms with Gasteiger partial charge in [0.05, 0.1) is 29.2 Å². The highest BCUT2D eigenvalue weighted by Gasteiger charge is 2.42. The molecule has 20 heteroatoms. The molecule has 1 unspecified atom stereocenters. The van der Waals surface area contributed by atoms with Crippen molar-refractivity contribution in [1.29, 1.82) is 5.26 Å². The molecule has 0 saturated carbocycles. The molecular weight excluding hydrogens is 881 g/mol. The second kappa shape index (κ2) is 22.9. The number of aliphatic hydroxyl groups is 1. The number of rotatable bonds is 9. The molecule has 0 bridgehead atoms. The molecule has 2 aromatic heterocycles. The maximum Gasteiger partial charge on any atom is 0.408 e. The summed E-state index contributed by atoms with van der Waals surface area (Å²) in [5.41, 5.74) is -3.46. The number of piperidine rings is 2. The highest BCUT2D eigenvalue weighted by molar-refractivity contribution is 6.31. The van der Waals surface area contributed by atoms with Crippen LogP contribution in [0, 0.1) is 36.7 Å². The maximum absolute atomic E-state index is 15.1. The minimum Gasteiger partial charge on any atom is -0.444 e. The minimum absolute atomic E-state index is 0.0488. The van der Waals surface area contributed by atoms with E-state index in [1.807, 2.05) is 0 Å². The Morgan fingerprint density at radius 3 is 1.67 bits per heavy atom. The molecule has 2 aliphatic rings. The number of ether oxygens (including phenoxy) is 1. The number of likely N-dealkylation sites (tertiary alicyclic amines) is 2. The Bertz CT molecular complexity index is 2470. The lowest BCUT2D eigenvalue weighted by molar-refractivity contribution is -0.0201. The summed E-state index contributed by atoms with van der Waals surface area (Å²) in [6, 6.07) is 8.88. The molecule has 344 valence electrons. The molecule has 14 nitrogen and oxygen atoms in total. The van der Waals surface area contributed by atoms with E-state index in [4.69, 9.17) is 41.4 Å². The van der Waals surface area contributed by atoms with Gasteiger partial charge in [-0.15, -0.1) is 0 Å². The summed E-state index contributed by atoms with van der Waals surface area (Å²) in [7, 11) is 0. The predicted octanol–water partition coefficient (Wildman–Crippen LogP) is 7.43. The van der Waals surface area contributed by atoms with Crippen LogP contribution < -0.4 is 10.6 Å². The smallest absolute Gasteiger partial charge is 0.408 e. The van der Waals surface area contributed by atoms with E-state index in [0.29, 0.717) is 11.6 Å². The number of halogens is 6. The summed E-state index contributed by atoms with van der Waals surface area (Å²) in [4.78, 5) is 54.7. The molecule has 2 aliphatic heterocycles. The van der Waals surface area contributed by atoms with Crippen molar-refractivity contribution in [3.63, 3.8) is 0 Å². The van der Waals surface area contributed by atoms with E-state index in [9.17, 15) is 32.7 Å². The number of nitrogens with one attached hydrogen (secondary N) is 2. The van der Waals surface area contributed by atoms with Crippen LogP contribution in [0.15, 0.2) is 61.2 Å². The third-order valence-electron chi connectivity index (χ3n) is 9.70. The highest BCUT2D eigenvalue weighted by atomic mass is 35.5. The fraction of sp³-hybridized carbons (Fsp3) is 0.455. The maximum atomic E-state index is 15.1. The lowest BCUT2D eigenvalue weighted by atomic mass is 9.88. The molecular formula is C44H51Cl2F4N9O5. The molecule has 2 saturated heterocycles. The van der Waals surface area contributed by atoms with E-state index in [2.05, 4.69) is 30.6 Å². The standard InChI is InChI=1S/C19H21ClF2N4O.C14H13ClF2N2O2.C11H17N3O2/c1-13-9-24-17(25-10-13)11-23-12-19(22)4-6-26(7-5-19)18(27)14-2-3-16(21)15(20)8-14;15-10-7-9(1-2-11(10)16)13(21)19-5-3-14(17,4-6-19)12(20)8-18;1-8-5-12-9(13-6-8)7-14-10(15)16-11(2,3)4/h2-3,8-10,23H,4-7,11-12H2,1H3;1-2,7,12,20H,3-6H2;5-6H,7H2,1-4H3,(H,14,15)/i1D3;;1D3. The van der Waals surface area contributed by atoms with Crippen LogP contribution in [0.1, 0.15) is 98.2 Å². The van der Waals surface area contributed by atoms with E-state index in [0.717, 1.165) is 12.1 Å². The lowest BCUT2D eigenvalue weighted by Gasteiger charge is -2.37. The number of hydrogen-bond donors (Lipinski definition) is 3. The molecule has 2 aromatic carbocycles. The molecule has 3 N–H and O–H groups in total. The van der Waals surface area contributed by atoms with Gasteiger partial charge in [-0.05, 0) is 82.0 Å². The van der Waals surface area contributed by atoms with Crippen LogP contribution in [-0.2, 0) is 17.8 Å². The molecule has 0 spiro atoms. The van der Waals surface area contributed by atoms with Gasteiger partial charge in [0.25, 0.3) is 11.8 Å². The van der Waals surface area contributed by atoms with E-state index in [1.54, 1.807) is 20.8 Å². The van der Waals surface area contributed by atoms with Crippen LogP contribution in [0.5, 0.6) is 0 Å². The number of nitrogens with zero attached hydrogens (tertiary/aromatic N) is 7. The minimum atomic E-state index is -2.26. The SMILES string of the molecule is N#CC(O)C1(F)CCN(C(=O)c2ccc(F)c(Cl)c2)CC1.[2H]C([2H])([2H])c1cnc(CNC(=O)OC(C)(C)C)nc1.[2H]C([2H])([2H])c1cnc(CNCC2(F)CCN(C(=O)c3ccc(F)c(Cl)c3)CC2)nc1. The number of benzene rings is 2. The van der Waals surface area contributed by atoms with E-state index in [1.165, 1.54) is 64.9 Å². The van der Waals surface area contributed by atoms with E-state index < -0.39 is 54.5 Å². The number of aromatic nitrogens is 4. The van der Waals surface area contributed by atoms with Crippen molar-refractivity contribution in [3.05, 3.63) is 117 Å². The van der Waals surface area contributed by atoms with Crippen molar-refractivity contribution in [2.75, 3.05) is 32.7 Å². The number of nitriles is 1. The molecule has 2 fully saturated rings. The fourth-order valence-corrected chi connectivity index (χ4v) is 6.50. The summed E-state index contributed by atoms with van der Waals surface area (Å²) in [6.45, 7) is 1.73. The van der Waals surface area contributed by atoms with Gasteiger partial charge in [0.1, 0.15) is 34.6 Å². The monoisotopic (exact) mass is 937 g/mol. The molecule has 1 atom stereocenters. The van der Waals surface area contributed by atoms with Crippen LogP contribution in [0.3, 0.4) is 0 Å². The summed E-state index contributed by atoms with van der Waals surface area (Å²) < 4.78 is 104. The van der Waals surface area contributed by atoms with Crippen molar-refractivity contribution in [2.45, 2.75) is 96.3 Å². The quantitative estimate of drug-likeness (QED) is 0.112. The van der Waals surface area contributed by atoms with Crippen LogP contribution in [0.2, 0.25) is 10.0 Å². The summed E-state index contributed by atoms with van der Waals surface area (Å²) in [5, 5.41) is 23.1. The molecule has 6 rings (SSSR count). The largest absolute Gasteiger partial charge is 0.444 e. The number of aliphatic hydroxyl groups excluding tert-OH is 1. The van der Waals surface area contributed by atoms with Gasteiger partial charge >= 0.3 is 6.09 Å². The van der Waals surface area contributed by atoms with Crippen molar-refractivity contribution in [2.24, 2.45) is 0 Å². The normalized spacial score (nSPS) is 17.6. The first-order chi connectivity index (χ1) is 32.5. The van der Waals surface area contributed by atoms with E-state index >= 15 is 4.39 Å². The third-order valence-corrected chi connectivity index (χ3v) is 10.3. The molecule has 0 aliphatic carbocycles. The van der Waals surface area contributed by atoms with Gasteiger partial charge in [-0.1, -0.05) is 23.2 Å². The number of alkyl carbamates (subject to hydrolysis) is 1. The molecule has 3 amide bonds. The number of aryl methyl sites for hydroxylation is 2. The van der Waals surface area contributed by atoms with Gasteiger partial charge < -0.3 is 30.3 Å². The van der Waals surface area contributed by atoms with Gasteiger partial charge in [-0.25, -0.2) is 42.3 Å². The van der Waals surface area contributed by atoms with Crippen LogP contribution in [0.4, 0.5) is 22.4 Å². The molecule has 4 aromatic rings. The van der Waals surface area contributed by atoms with Gasteiger partial charge in [0, 0.05) is 103 Å². The first-order valence-corrected chi connectivity index (χ1v) is 20.5. The number of amides is 3. The van der Waals surface area contributed by atoms with Crippen LogP contribution in [0.25, 0.3) is 0 Å². The van der Waals surface area contributed by atoms with E-state index in [-0.39, 0.29) is 116 Å². The average Bonchev–Trinajstić information content (AvgIpc) is 3.29. The topological polar surface area (TPSA) is 187 Å². The van der Waals surface area contributed by atoms with Gasteiger partial charge in [0.15, 0.2) is 11.8 Å². The highest BCUT2D eigenvalue weighted by Crippen LogP contribution is 2.31. The number of alkyl halides is 2. The molecule has 64 heavy (non-hydrogen) atoms.